The van der Waals surface area contributed by atoms with E-state index in [2.05, 4.69) is 16.0 Å². The smallest absolute Gasteiger partial charge is 0.234 e. The molecule has 0 aliphatic carbocycles. The summed E-state index contributed by atoms with van der Waals surface area (Å²) in [6, 6.07) is 0.175. The Balaban J connectivity index is 2.14. The van der Waals surface area contributed by atoms with Gasteiger partial charge in [-0.2, -0.15) is 0 Å². The van der Waals surface area contributed by atoms with Crippen LogP contribution in [0.1, 0.15) is 40.0 Å². The van der Waals surface area contributed by atoms with Crippen LogP contribution in [0, 0.1) is 0 Å². The average molecular weight is 241 g/mol. The van der Waals surface area contributed by atoms with E-state index in [-0.39, 0.29) is 23.4 Å². The van der Waals surface area contributed by atoms with Crippen LogP contribution in [0.2, 0.25) is 0 Å². The molecule has 1 aliphatic rings. The second-order valence-corrected chi connectivity index (χ2v) is 5.22. The van der Waals surface area contributed by atoms with Gasteiger partial charge in [0, 0.05) is 24.5 Å². The molecule has 5 nitrogen and oxygen atoms in total. The van der Waals surface area contributed by atoms with Crippen molar-refractivity contribution in [2.75, 3.05) is 13.1 Å². The Kier molecular flexibility index (Phi) is 4.93. The SMILES string of the molecule is CCC(C)(C)NC(=O)CNCC1CCC(=O)N1. The first-order chi connectivity index (χ1) is 7.93. The lowest BCUT2D eigenvalue weighted by atomic mass is 10.0. The number of nitrogens with one attached hydrogen (secondary N) is 3. The second kappa shape index (κ2) is 6.00. The standard InChI is InChI=1S/C12H23N3O2/c1-4-12(2,3)15-11(17)8-13-7-9-5-6-10(16)14-9/h9,13H,4-8H2,1-3H3,(H,14,16)(H,15,17). The van der Waals surface area contributed by atoms with Crippen LogP contribution in [-0.4, -0.2) is 36.5 Å². The number of carbonyl (C=O) groups excluding carboxylic acids is 2. The van der Waals surface area contributed by atoms with Gasteiger partial charge in [0.25, 0.3) is 0 Å². The molecule has 1 aliphatic heterocycles. The zero-order valence-corrected chi connectivity index (χ0v) is 10.9. The second-order valence-electron chi connectivity index (χ2n) is 5.22. The minimum atomic E-state index is -0.152. The maximum Gasteiger partial charge on any atom is 0.234 e. The number of carbonyl (C=O) groups is 2. The molecule has 1 atom stereocenters. The fourth-order valence-corrected chi connectivity index (χ4v) is 1.70. The van der Waals surface area contributed by atoms with E-state index in [4.69, 9.17) is 0 Å². The average Bonchev–Trinajstić information content (AvgIpc) is 2.63. The van der Waals surface area contributed by atoms with Crippen LogP contribution in [-0.2, 0) is 9.59 Å². The summed E-state index contributed by atoms with van der Waals surface area (Å²) < 4.78 is 0. The van der Waals surface area contributed by atoms with Crippen LogP contribution >= 0.6 is 0 Å². The van der Waals surface area contributed by atoms with Gasteiger partial charge in [0.15, 0.2) is 0 Å². The van der Waals surface area contributed by atoms with Crippen molar-refractivity contribution in [3.05, 3.63) is 0 Å². The van der Waals surface area contributed by atoms with Gasteiger partial charge in [-0.15, -0.1) is 0 Å². The monoisotopic (exact) mass is 241 g/mol. The molecule has 1 rings (SSSR count). The molecule has 0 saturated carbocycles. The Morgan fingerprint density at radius 3 is 2.76 bits per heavy atom. The Morgan fingerprint density at radius 2 is 2.24 bits per heavy atom. The Hall–Kier alpha value is -1.10. The van der Waals surface area contributed by atoms with Gasteiger partial charge in [-0.1, -0.05) is 6.92 Å². The highest BCUT2D eigenvalue weighted by Crippen LogP contribution is 2.06. The van der Waals surface area contributed by atoms with Crippen LogP contribution in [0.25, 0.3) is 0 Å². The molecule has 0 aromatic rings. The topological polar surface area (TPSA) is 70.2 Å². The minimum absolute atomic E-state index is 0.00109. The third-order valence-corrected chi connectivity index (χ3v) is 3.12. The Bertz CT molecular complexity index is 289. The van der Waals surface area contributed by atoms with Crippen LogP contribution in [0.5, 0.6) is 0 Å². The first-order valence-corrected chi connectivity index (χ1v) is 6.24. The van der Waals surface area contributed by atoms with E-state index in [0.717, 1.165) is 12.8 Å². The zero-order chi connectivity index (χ0) is 12.9. The van der Waals surface area contributed by atoms with E-state index in [9.17, 15) is 9.59 Å². The number of amides is 2. The normalized spacial score (nSPS) is 20.2. The van der Waals surface area contributed by atoms with Crippen molar-refractivity contribution in [1.29, 1.82) is 0 Å². The first-order valence-electron chi connectivity index (χ1n) is 6.24. The fraction of sp³-hybridized carbons (Fsp3) is 0.833. The Labute approximate surface area is 103 Å². The maximum absolute atomic E-state index is 11.6. The van der Waals surface area contributed by atoms with Gasteiger partial charge in [0.2, 0.25) is 11.8 Å². The molecule has 17 heavy (non-hydrogen) atoms. The zero-order valence-electron chi connectivity index (χ0n) is 10.9. The van der Waals surface area contributed by atoms with Crippen molar-refractivity contribution >= 4 is 11.8 Å². The van der Waals surface area contributed by atoms with Crippen molar-refractivity contribution in [2.45, 2.75) is 51.6 Å². The van der Waals surface area contributed by atoms with Gasteiger partial charge in [0.1, 0.15) is 0 Å². The van der Waals surface area contributed by atoms with Crippen molar-refractivity contribution < 1.29 is 9.59 Å². The number of hydrogen-bond donors (Lipinski definition) is 3. The third-order valence-electron chi connectivity index (χ3n) is 3.12. The highest BCUT2D eigenvalue weighted by atomic mass is 16.2. The molecule has 2 amide bonds. The van der Waals surface area contributed by atoms with Gasteiger partial charge in [0.05, 0.1) is 6.54 Å². The lowest BCUT2D eigenvalue weighted by Gasteiger charge is -2.24. The molecule has 0 spiro atoms. The lowest BCUT2D eigenvalue weighted by Crippen LogP contribution is -2.47. The molecule has 5 heteroatoms. The summed E-state index contributed by atoms with van der Waals surface area (Å²) in [5, 5.41) is 8.87. The summed E-state index contributed by atoms with van der Waals surface area (Å²) >= 11 is 0. The van der Waals surface area contributed by atoms with Crippen molar-refractivity contribution in [3.8, 4) is 0 Å². The molecule has 3 N–H and O–H groups in total. The summed E-state index contributed by atoms with van der Waals surface area (Å²) in [5.41, 5.74) is -0.152. The van der Waals surface area contributed by atoms with E-state index in [1.165, 1.54) is 0 Å². The molecule has 0 radical (unpaired) electrons. The molecular weight excluding hydrogens is 218 g/mol. The molecule has 0 aromatic heterocycles. The highest BCUT2D eigenvalue weighted by molar-refractivity contribution is 5.79. The predicted octanol–water partition coefficient (Wildman–Crippen LogP) is 0.159. The molecule has 1 fully saturated rings. The summed E-state index contributed by atoms with van der Waals surface area (Å²) in [6.07, 6.45) is 2.35. The van der Waals surface area contributed by atoms with Gasteiger partial charge in [-0.3, -0.25) is 9.59 Å². The van der Waals surface area contributed by atoms with Gasteiger partial charge < -0.3 is 16.0 Å². The summed E-state index contributed by atoms with van der Waals surface area (Å²) in [6.45, 7) is 7.01. The van der Waals surface area contributed by atoms with E-state index in [1.54, 1.807) is 0 Å². The van der Waals surface area contributed by atoms with Gasteiger partial charge >= 0.3 is 0 Å². The van der Waals surface area contributed by atoms with Gasteiger partial charge in [-0.05, 0) is 26.7 Å². The molecule has 0 aromatic carbocycles. The van der Waals surface area contributed by atoms with E-state index in [1.807, 2.05) is 20.8 Å². The number of rotatable bonds is 6. The molecule has 98 valence electrons. The van der Waals surface area contributed by atoms with Crippen molar-refractivity contribution in [2.24, 2.45) is 0 Å². The first kappa shape index (κ1) is 14.0. The van der Waals surface area contributed by atoms with E-state index in [0.29, 0.717) is 19.5 Å². The van der Waals surface area contributed by atoms with E-state index >= 15 is 0 Å². The van der Waals surface area contributed by atoms with Gasteiger partial charge in [-0.25, -0.2) is 0 Å². The molecular formula is C12H23N3O2. The fourth-order valence-electron chi connectivity index (χ4n) is 1.70. The summed E-state index contributed by atoms with van der Waals surface area (Å²) in [7, 11) is 0. The maximum atomic E-state index is 11.6. The van der Waals surface area contributed by atoms with E-state index < -0.39 is 0 Å². The van der Waals surface area contributed by atoms with Crippen molar-refractivity contribution in [1.82, 2.24) is 16.0 Å². The number of hydrogen-bond acceptors (Lipinski definition) is 3. The van der Waals surface area contributed by atoms with Crippen molar-refractivity contribution in [3.63, 3.8) is 0 Å². The molecule has 1 heterocycles. The molecule has 0 bridgehead atoms. The van der Waals surface area contributed by atoms with Crippen LogP contribution < -0.4 is 16.0 Å². The largest absolute Gasteiger partial charge is 0.352 e. The lowest BCUT2D eigenvalue weighted by molar-refractivity contribution is -0.121. The van der Waals surface area contributed by atoms with Crippen LogP contribution in [0.4, 0.5) is 0 Å². The van der Waals surface area contributed by atoms with Crippen LogP contribution in [0.3, 0.4) is 0 Å². The Morgan fingerprint density at radius 1 is 1.53 bits per heavy atom. The quantitative estimate of drug-likeness (QED) is 0.620. The molecule has 1 saturated heterocycles. The molecule has 1 unspecified atom stereocenters. The third kappa shape index (κ3) is 5.17. The highest BCUT2D eigenvalue weighted by Gasteiger charge is 2.21. The van der Waals surface area contributed by atoms with Crippen LogP contribution in [0.15, 0.2) is 0 Å². The summed E-state index contributed by atoms with van der Waals surface area (Å²) in [4.78, 5) is 22.6. The summed E-state index contributed by atoms with van der Waals surface area (Å²) in [5.74, 6) is 0.106. The predicted molar refractivity (Wildman–Crippen MR) is 66.5 cm³/mol. The minimum Gasteiger partial charge on any atom is -0.352 e.